The van der Waals surface area contributed by atoms with Crippen LogP contribution in [-0.2, 0) is 6.54 Å². The highest BCUT2D eigenvalue weighted by atomic mass is 15.2. The number of anilines is 1. The fourth-order valence-corrected chi connectivity index (χ4v) is 2.15. The molecule has 0 spiro atoms. The van der Waals surface area contributed by atoms with Gasteiger partial charge in [0, 0.05) is 31.4 Å². The van der Waals surface area contributed by atoms with E-state index in [9.17, 15) is 0 Å². The van der Waals surface area contributed by atoms with Crippen molar-refractivity contribution in [2.75, 3.05) is 24.5 Å². The van der Waals surface area contributed by atoms with Gasteiger partial charge in [-0.1, -0.05) is 33.8 Å². The van der Waals surface area contributed by atoms with Crippen LogP contribution in [0, 0.1) is 11.8 Å². The molecule has 0 saturated heterocycles. The molecule has 0 aliphatic heterocycles. The van der Waals surface area contributed by atoms with Crippen LogP contribution >= 0.6 is 0 Å². The predicted octanol–water partition coefficient (Wildman–Crippen LogP) is 3.31. The van der Waals surface area contributed by atoms with Crippen LogP contribution in [0.3, 0.4) is 0 Å². The second-order valence-corrected chi connectivity index (χ2v) is 5.94. The largest absolute Gasteiger partial charge is 0.356 e. The highest BCUT2D eigenvalue weighted by Gasteiger charge is 2.12. The lowest BCUT2D eigenvalue weighted by atomic mass is 10.1. The van der Waals surface area contributed by atoms with Gasteiger partial charge in [0.25, 0.3) is 0 Å². The van der Waals surface area contributed by atoms with Crippen molar-refractivity contribution in [3.05, 3.63) is 23.9 Å². The van der Waals surface area contributed by atoms with E-state index in [4.69, 9.17) is 0 Å². The van der Waals surface area contributed by atoms with E-state index in [0.29, 0.717) is 11.8 Å². The molecule has 0 aromatic carbocycles. The number of hydrogen-bond donors (Lipinski definition) is 1. The Kier molecular flexibility index (Phi) is 6.85. The van der Waals surface area contributed by atoms with Crippen LogP contribution in [0.2, 0.25) is 0 Å². The summed E-state index contributed by atoms with van der Waals surface area (Å²) in [5, 5.41) is 3.51. The van der Waals surface area contributed by atoms with Gasteiger partial charge in [-0.3, -0.25) is 0 Å². The second kappa shape index (κ2) is 8.16. The molecule has 3 heteroatoms. The van der Waals surface area contributed by atoms with Gasteiger partial charge in [0.15, 0.2) is 0 Å². The van der Waals surface area contributed by atoms with E-state index in [1.54, 1.807) is 0 Å². The Bertz CT molecular complexity index is 361. The molecule has 0 bridgehead atoms. The smallest absolute Gasteiger partial charge is 0.133 e. The molecule has 1 aromatic heterocycles. The molecule has 0 saturated carbocycles. The minimum atomic E-state index is 0.651. The lowest BCUT2D eigenvalue weighted by Crippen LogP contribution is -2.30. The monoisotopic (exact) mass is 263 g/mol. The Morgan fingerprint density at radius 2 is 1.95 bits per heavy atom. The van der Waals surface area contributed by atoms with Gasteiger partial charge in [-0.05, 0) is 31.4 Å². The van der Waals surface area contributed by atoms with Crippen molar-refractivity contribution in [3.8, 4) is 0 Å². The lowest BCUT2D eigenvalue weighted by Gasteiger charge is -2.26. The zero-order valence-electron chi connectivity index (χ0n) is 13.1. The summed E-state index contributed by atoms with van der Waals surface area (Å²) >= 11 is 0. The maximum atomic E-state index is 4.59. The van der Waals surface area contributed by atoms with Gasteiger partial charge in [0.2, 0.25) is 0 Å². The number of pyridine rings is 1. The molecule has 1 N–H and O–H groups in total. The van der Waals surface area contributed by atoms with Crippen molar-refractivity contribution in [1.82, 2.24) is 10.3 Å². The third-order valence-corrected chi connectivity index (χ3v) is 3.00. The summed E-state index contributed by atoms with van der Waals surface area (Å²) in [6.07, 6.45) is 1.89. The van der Waals surface area contributed by atoms with Gasteiger partial charge in [-0.2, -0.15) is 0 Å². The fraction of sp³-hybridized carbons (Fsp3) is 0.688. The van der Waals surface area contributed by atoms with E-state index < -0.39 is 0 Å². The van der Waals surface area contributed by atoms with Gasteiger partial charge in [-0.15, -0.1) is 0 Å². The summed E-state index contributed by atoms with van der Waals surface area (Å²) < 4.78 is 0. The first-order valence-electron chi connectivity index (χ1n) is 7.44. The topological polar surface area (TPSA) is 28.2 Å². The summed E-state index contributed by atoms with van der Waals surface area (Å²) in [6, 6.07) is 4.21. The molecule has 0 atom stereocenters. The van der Waals surface area contributed by atoms with E-state index in [-0.39, 0.29) is 0 Å². The zero-order chi connectivity index (χ0) is 14.3. The molecule has 1 rings (SSSR count). The van der Waals surface area contributed by atoms with Gasteiger partial charge in [0.1, 0.15) is 5.82 Å². The van der Waals surface area contributed by atoms with Crippen LogP contribution in [0.1, 0.15) is 40.2 Å². The summed E-state index contributed by atoms with van der Waals surface area (Å²) in [4.78, 5) is 6.96. The quantitative estimate of drug-likeness (QED) is 0.780. The molecule has 0 unspecified atom stereocenters. The summed E-state index contributed by atoms with van der Waals surface area (Å²) in [5.74, 6) is 2.46. The van der Waals surface area contributed by atoms with Crippen molar-refractivity contribution in [2.45, 2.75) is 41.2 Å². The molecule has 0 radical (unpaired) electrons. The van der Waals surface area contributed by atoms with Crippen molar-refractivity contribution in [3.63, 3.8) is 0 Å². The first-order chi connectivity index (χ1) is 9.04. The first kappa shape index (κ1) is 16.0. The molecule has 108 valence electrons. The van der Waals surface area contributed by atoms with E-state index in [0.717, 1.165) is 32.0 Å². The molecule has 1 aromatic rings. The second-order valence-electron chi connectivity index (χ2n) is 5.94. The van der Waals surface area contributed by atoms with Gasteiger partial charge in [-0.25, -0.2) is 4.98 Å². The van der Waals surface area contributed by atoms with Crippen molar-refractivity contribution < 1.29 is 0 Å². The number of nitrogens with zero attached hydrogens (tertiary/aromatic N) is 2. The van der Waals surface area contributed by atoms with E-state index >= 15 is 0 Å². The summed E-state index contributed by atoms with van der Waals surface area (Å²) in [6.45, 7) is 15.2. The van der Waals surface area contributed by atoms with Crippen molar-refractivity contribution >= 4 is 5.82 Å². The Labute approximate surface area is 118 Å². The van der Waals surface area contributed by atoms with E-state index in [2.05, 4.69) is 55.9 Å². The first-order valence-corrected chi connectivity index (χ1v) is 7.44. The van der Waals surface area contributed by atoms with Crippen LogP contribution in [0.25, 0.3) is 0 Å². The Morgan fingerprint density at radius 1 is 1.21 bits per heavy atom. The normalized spacial score (nSPS) is 11.3. The molecule has 0 aliphatic rings. The average Bonchev–Trinajstić information content (AvgIpc) is 2.36. The molecule has 0 amide bonds. The minimum absolute atomic E-state index is 0.651. The highest BCUT2D eigenvalue weighted by molar-refractivity contribution is 5.46. The molecular formula is C16H29N3. The van der Waals surface area contributed by atoms with Gasteiger partial charge >= 0.3 is 0 Å². The summed E-state index contributed by atoms with van der Waals surface area (Å²) in [5.41, 5.74) is 1.30. The third kappa shape index (κ3) is 5.60. The standard InChI is InChI=1S/C16H29N3/c1-6-19(12-14(4)5)16-15(8-7-9-18-16)11-17-10-13(2)3/h7-9,13-14,17H,6,10-12H2,1-5H3. The maximum absolute atomic E-state index is 4.59. The Balaban J connectivity index is 2.75. The molecule has 19 heavy (non-hydrogen) atoms. The maximum Gasteiger partial charge on any atom is 0.133 e. The highest BCUT2D eigenvalue weighted by Crippen LogP contribution is 2.18. The molecule has 3 nitrogen and oxygen atoms in total. The average molecular weight is 263 g/mol. The molecular weight excluding hydrogens is 234 g/mol. The minimum Gasteiger partial charge on any atom is -0.356 e. The van der Waals surface area contributed by atoms with Gasteiger partial charge in [0.05, 0.1) is 0 Å². The Hall–Kier alpha value is -1.09. The molecule has 1 heterocycles. The third-order valence-electron chi connectivity index (χ3n) is 3.00. The van der Waals surface area contributed by atoms with Crippen LogP contribution in [0.4, 0.5) is 5.82 Å². The van der Waals surface area contributed by atoms with Crippen LogP contribution in [0.15, 0.2) is 18.3 Å². The van der Waals surface area contributed by atoms with Crippen LogP contribution in [-0.4, -0.2) is 24.6 Å². The summed E-state index contributed by atoms with van der Waals surface area (Å²) in [7, 11) is 0. The Morgan fingerprint density at radius 3 is 2.53 bits per heavy atom. The SMILES string of the molecule is CCN(CC(C)C)c1ncccc1CNCC(C)C. The number of rotatable bonds is 8. The van der Waals surface area contributed by atoms with Crippen molar-refractivity contribution in [2.24, 2.45) is 11.8 Å². The van der Waals surface area contributed by atoms with Crippen LogP contribution in [0.5, 0.6) is 0 Å². The van der Waals surface area contributed by atoms with E-state index in [1.807, 2.05) is 12.3 Å². The van der Waals surface area contributed by atoms with Gasteiger partial charge < -0.3 is 10.2 Å². The van der Waals surface area contributed by atoms with E-state index in [1.165, 1.54) is 5.56 Å². The number of nitrogens with one attached hydrogen (secondary N) is 1. The van der Waals surface area contributed by atoms with Crippen molar-refractivity contribution in [1.29, 1.82) is 0 Å². The zero-order valence-corrected chi connectivity index (χ0v) is 13.1. The predicted molar refractivity (Wildman–Crippen MR) is 83.5 cm³/mol. The lowest BCUT2D eigenvalue weighted by molar-refractivity contribution is 0.549. The fourth-order valence-electron chi connectivity index (χ4n) is 2.15. The number of hydrogen-bond acceptors (Lipinski definition) is 3. The molecule has 0 aliphatic carbocycles. The van der Waals surface area contributed by atoms with Crippen LogP contribution < -0.4 is 10.2 Å². The number of aromatic nitrogens is 1. The molecule has 0 fully saturated rings.